The lowest BCUT2D eigenvalue weighted by atomic mass is 10.2. The van der Waals surface area contributed by atoms with Gasteiger partial charge in [-0.1, -0.05) is 24.4 Å². The first-order chi connectivity index (χ1) is 9.04. The van der Waals surface area contributed by atoms with Gasteiger partial charge in [-0.05, 0) is 24.6 Å². The van der Waals surface area contributed by atoms with E-state index in [4.69, 9.17) is 18.0 Å². The maximum Gasteiger partial charge on any atom is 0.246 e. The molecule has 0 aliphatic carbocycles. The number of amides is 1. The second-order valence-corrected chi connectivity index (χ2v) is 4.49. The summed E-state index contributed by atoms with van der Waals surface area (Å²) in [5.74, 6) is 0.0725. The summed E-state index contributed by atoms with van der Waals surface area (Å²) in [6, 6.07) is 7.55. The molecule has 1 aromatic carbocycles. The molecule has 19 heavy (non-hydrogen) atoms. The van der Waals surface area contributed by atoms with Crippen molar-refractivity contribution in [2.75, 3.05) is 5.32 Å². The van der Waals surface area contributed by atoms with Crippen LogP contribution in [-0.4, -0.2) is 25.7 Å². The normalized spacial score (nSPS) is 10.2. The molecule has 3 N–H and O–H groups in total. The fourth-order valence-electron chi connectivity index (χ4n) is 1.55. The molecule has 0 saturated heterocycles. The van der Waals surface area contributed by atoms with Crippen molar-refractivity contribution in [3.05, 3.63) is 42.0 Å². The summed E-state index contributed by atoms with van der Waals surface area (Å²) in [6.45, 7) is 2.02. The third kappa shape index (κ3) is 3.59. The van der Waals surface area contributed by atoms with Crippen LogP contribution in [-0.2, 0) is 11.3 Å². The molecule has 7 heteroatoms. The zero-order valence-electron chi connectivity index (χ0n) is 10.3. The highest BCUT2D eigenvalue weighted by molar-refractivity contribution is 7.80. The van der Waals surface area contributed by atoms with Crippen LogP contribution in [0.3, 0.4) is 0 Å². The monoisotopic (exact) mass is 275 g/mol. The number of thiocarbonyl (C=S) groups is 1. The highest BCUT2D eigenvalue weighted by atomic mass is 32.1. The van der Waals surface area contributed by atoms with Crippen LogP contribution in [0.5, 0.6) is 0 Å². The number of hydrogen-bond acceptors (Lipinski definition) is 4. The average molecular weight is 275 g/mol. The van der Waals surface area contributed by atoms with Gasteiger partial charge in [0.1, 0.15) is 17.9 Å². The predicted molar refractivity (Wildman–Crippen MR) is 75.7 cm³/mol. The molecule has 0 atom stereocenters. The fraction of sp³-hybridized carbons (Fsp3) is 0.167. The zero-order valence-corrected chi connectivity index (χ0v) is 11.1. The lowest BCUT2D eigenvalue weighted by Gasteiger charge is -2.05. The van der Waals surface area contributed by atoms with Gasteiger partial charge in [0.25, 0.3) is 0 Å². The predicted octanol–water partition coefficient (Wildman–Crippen LogP) is 0.859. The summed E-state index contributed by atoms with van der Waals surface area (Å²) >= 11 is 4.75. The Balaban J connectivity index is 1.99. The molecule has 0 fully saturated rings. The van der Waals surface area contributed by atoms with E-state index in [1.54, 1.807) is 0 Å². The molecule has 0 radical (unpaired) electrons. The van der Waals surface area contributed by atoms with Crippen LogP contribution >= 0.6 is 12.2 Å². The molecule has 2 aromatic rings. The summed E-state index contributed by atoms with van der Waals surface area (Å²) in [4.78, 5) is 15.8. The molecular formula is C12H13N5OS. The molecule has 2 rings (SSSR count). The average Bonchev–Trinajstić information content (AvgIpc) is 2.77. The van der Waals surface area contributed by atoms with Crippen LogP contribution in [0.4, 0.5) is 5.69 Å². The molecule has 1 amide bonds. The van der Waals surface area contributed by atoms with E-state index in [9.17, 15) is 4.79 Å². The minimum absolute atomic E-state index is 0.0591. The van der Waals surface area contributed by atoms with E-state index >= 15 is 0 Å². The zero-order chi connectivity index (χ0) is 13.8. The number of benzene rings is 1. The Hall–Kier alpha value is -2.28. The van der Waals surface area contributed by atoms with Gasteiger partial charge in [-0.15, -0.1) is 5.10 Å². The molecule has 0 bridgehead atoms. The highest BCUT2D eigenvalue weighted by Crippen LogP contribution is 2.09. The number of nitrogens with one attached hydrogen (secondary N) is 1. The Bertz CT molecular complexity index is 622. The van der Waals surface area contributed by atoms with Crippen molar-refractivity contribution in [3.63, 3.8) is 0 Å². The van der Waals surface area contributed by atoms with Gasteiger partial charge in [0, 0.05) is 5.69 Å². The second-order valence-electron chi connectivity index (χ2n) is 4.05. The summed E-state index contributed by atoms with van der Waals surface area (Å²) < 4.78 is 1.39. The highest BCUT2D eigenvalue weighted by Gasteiger charge is 2.07. The number of nitrogens with zero attached hydrogens (tertiary/aromatic N) is 3. The summed E-state index contributed by atoms with van der Waals surface area (Å²) in [7, 11) is 0. The van der Waals surface area contributed by atoms with E-state index < -0.39 is 0 Å². The largest absolute Gasteiger partial charge is 0.387 e. The minimum Gasteiger partial charge on any atom is -0.387 e. The number of aryl methyl sites for hydroxylation is 1. The van der Waals surface area contributed by atoms with Crippen LogP contribution in [0.15, 0.2) is 30.6 Å². The Labute approximate surface area is 115 Å². The summed E-state index contributed by atoms with van der Waals surface area (Å²) in [5.41, 5.74) is 7.22. The van der Waals surface area contributed by atoms with E-state index in [-0.39, 0.29) is 23.3 Å². The van der Waals surface area contributed by atoms with Crippen molar-refractivity contribution in [2.24, 2.45) is 5.73 Å². The van der Waals surface area contributed by atoms with E-state index in [1.807, 2.05) is 31.2 Å². The maximum absolute atomic E-state index is 11.8. The van der Waals surface area contributed by atoms with Crippen LogP contribution in [0.25, 0.3) is 0 Å². The van der Waals surface area contributed by atoms with Crippen LogP contribution < -0.4 is 11.1 Å². The molecule has 1 aromatic heterocycles. The number of aromatic nitrogens is 3. The van der Waals surface area contributed by atoms with Gasteiger partial charge in [0.15, 0.2) is 0 Å². The maximum atomic E-state index is 11.8. The third-order valence-electron chi connectivity index (χ3n) is 2.36. The first-order valence-corrected chi connectivity index (χ1v) is 6.01. The molecule has 98 valence electrons. The fourth-order valence-corrected chi connectivity index (χ4v) is 1.65. The lowest BCUT2D eigenvalue weighted by molar-refractivity contribution is -0.116. The lowest BCUT2D eigenvalue weighted by Crippen LogP contribution is -2.20. The number of hydrogen-bond donors (Lipinski definition) is 2. The molecular weight excluding hydrogens is 262 g/mol. The molecule has 0 saturated carbocycles. The molecule has 0 unspecified atom stereocenters. The standard InChI is InChI=1S/C12H13N5OS/c1-8-3-2-4-9(5-8)15-10(18)6-17-7-14-12(16-17)11(13)19/h2-5,7H,6H2,1H3,(H2,13,19)(H,15,18). The van der Waals surface area contributed by atoms with Crippen molar-refractivity contribution >= 4 is 28.8 Å². The van der Waals surface area contributed by atoms with Gasteiger partial charge in [-0.2, -0.15) is 0 Å². The molecule has 0 spiro atoms. The van der Waals surface area contributed by atoms with Gasteiger partial charge in [0.05, 0.1) is 0 Å². The second kappa shape index (κ2) is 5.57. The van der Waals surface area contributed by atoms with Crippen LogP contribution in [0, 0.1) is 6.92 Å². The number of carbonyl (C=O) groups excluding carboxylic acids is 1. The van der Waals surface area contributed by atoms with Crippen molar-refractivity contribution < 1.29 is 4.79 Å². The van der Waals surface area contributed by atoms with Crippen molar-refractivity contribution in [3.8, 4) is 0 Å². The first-order valence-electron chi connectivity index (χ1n) is 5.60. The first kappa shape index (κ1) is 13.2. The summed E-state index contributed by atoms with van der Waals surface area (Å²) in [5, 5.41) is 6.77. The topological polar surface area (TPSA) is 85.8 Å². The smallest absolute Gasteiger partial charge is 0.246 e. The van der Waals surface area contributed by atoms with Crippen molar-refractivity contribution in [1.82, 2.24) is 14.8 Å². The van der Waals surface area contributed by atoms with E-state index in [2.05, 4.69) is 15.4 Å². The number of rotatable bonds is 4. The van der Waals surface area contributed by atoms with Gasteiger partial charge >= 0.3 is 0 Å². The van der Waals surface area contributed by atoms with E-state index in [0.717, 1.165) is 11.3 Å². The third-order valence-corrected chi connectivity index (χ3v) is 2.55. The van der Waals surface area contributed by atoms with Crippen molar-refractivity contribution in [2.45, 2.75) is 13.5 Å². The summed E-state index contributed by atoms with van der Waals surface area (Å²) in [6.07, 6.45) is 1.42. The molecule has 1 heterocycles. The molecule has 6 nitrogen and oxygen atoms in total. The minimum atomic E-state index is -0.190. The van der Waals surface area contributed by atoms with Gasteiger partial charge in [-0.25, -0.2) is 9.67 Å². The number of anilines is 1. The van der Waals surface area contributed by atoms with Gasteiger partial charge in [-0.3, -0.25) is 4.79 Å². The van der Waals surface area contributed by atoms with Crippen LogP contribution in [0.2, 0.25) is 0 Å². The Kier molecular flexibility index (Phi) is 3.86. The van der Waals surface area contributed by atoms with Gasteiger partial charge in [0.2, 0.25) is 11.7 Å². The Morgan fingerprint density at radius 1 is 1.53 bits per heavy atom. The quantitative estimate of drug-likeness (QED) is 0.808. The number of carbonyl (C=O) groups is 1. The van der Waals surface area contributed by atoms with Crippen LogP contribution in [0.1, 0.15) is 11.4 Å². The van der Waals surface area contributed by atoms with Gasteiger partial charge < -0.3 is 11.1 Å². The molecule has 0 aliphatic rings. The Morgan fingerprint density at radius 2 is 2.32 bits per heavy atom. The Morgan fingerprint density at radius 3 is 2.95 bits per heavy atom. The van der Waals surface area contributed by atoms with Crippen molar-refractivity contribution in [1.29, 1.82) is 0 Å². The van der Waals surface area contributed by atoms with E-state index in [1.165, 1.54) is 11.0 Å². The van der Waals surface area contributed by atoms with E-state index in [0.29, 0.717) is 0 Å². The SMILES string of the molecule is Cc1cccc(NC(=O)Cn2cnc(C(N)=S)n2)c1. The molecule has 0 aliphatic heterocycles. The number of nitrogens with two attached hydrogens (primary N) is 1.